The number of carbonyl (C=O) groups excluding carboxylic acids is 1. The summed E-state index contributed by atoms with van der Waals surface area (Å²) in [4.78, 5) is 18.4. The number of nitrogens with one attached hydrogen (secondary N) is 3. The molecule has 0 aliphatic carbocycles. The summed E-state index contributed by atoms with van der Waals surface area (Å²) in [5, 5.41) is 9.62. The van der Waals surface area contributed by atoms with Crippen molar-refractivity contribution >= 4 is 17.6 Å². The Balaban J connectivity index is 1.50. The van der Waals surface area contributed by atoms with Crippen LogP contribution in [0.4, 0.5) is 5.69 Å². The summed E-state index contributed by atoms with van der Waals surface area (Å²) in [7, 11) is 1.69. The Hall–Kier alpha value is -3.22. The normalized spacial score (nSPS) is 15.2. The van der Waals surface area contributed by atoms with E-state index < -0.39 is 0 Å². The van der Waals surface area contributed by atoms with E-state index in [0.29, 0.717) is 25.6 Å². The molecule has 1 fully saturated rings. The Kier molecular flexibility index (Phi) is 8.78. The van der Waals surface area contributed by atoms with E-state index in [-0.39, 0.29) is 5.91 Å². The number of aliphatic imine (C=N–C) groups is 1. The molecule has 2 aromatic rings. The van der Waals surface area contributed by atoms with Gasteiger partial charge in [-0.25, -0.2) is 4.99 Å². The number of anilines is 1. The molecule has 1 aliphatic heterocycles. The van der Waals surface area contributed by atoms with Crippen LogP contribution in [0.5, 0.6) is 5.75 Å². The molecule has 0 saturated carbocycles. The van der Waals surface area contributed by atoms with Gasteiger partial charge in [-0.2, -0.15) is 0 Å². The molecule has 1 amide bonds. The van der Waals surface area contributed by atoms with Crippen LogP contribution in [0, 0.1) is 0 Å². The van der Waals surface area contributed by atoms with Crippen LogP contribution in [0.1, 0.15) is 37.3 Å². The van der Waals surface area contributed by atoms with Gasteiger partial charge in [-0.1, -0.05) is 31.2 Å². The minimum absolute atomic E-state index is 0.0765. The van der Waals surface area contributed by atoms with Gasteiger partial charge in [-0.3, -0.25) is 4.79 Å². The van der Waals surface area contributed by atoms with Crippen LogP contribution in [0.2, 0.25) is 0 Å². The summed E-state index contributed by atoms with van der Waals surface area (Å²) >= 11 is 0. The predicted molar refractivity (Wildman–Crippen MR) is 131 cm³/mol. The maximum atomic E-state index is 11.6. The molecule has 0 spiro atoms. The van der Waals surface area contributed by atoms with Gasteiger partial charge >= 0.3 is 0 Å². The third kappa shape index (κ3) is 6.90. The van der Waals surface area contributed by atoms with Crippen molar-refractivity contribution in [3.05, 3.63) is 59.7 Å². The maximum absolute atomic E-state index is 11.6. The maximum Gasteiger partial charge on any atom is 0.239 e. The standard InChI is InChI=1S/C25H35N5O2/c1-4-26-25(28-14-13-19(2)21-7-11-23(32-3)12-8-21)29-17-20-5-9-22(10-6-20)30-16-15-27-24(31)18-30/h5-12,19H,4,13-18H2,1-3H3,(H,27,31)(H2,26,28,29). The van der Waals surface area contributed by atoms with Crippen LogP contribution in [-0.2, 0) is 11.3 Å². The monoisotopic (exact) mass is 437 g/mol. The van der Waals surface area contributed by atoms with E-state index in [1.54, 1.807) is 7.11 Å². The van der Waals surface area contributed by atoms with Crippen LogP contribution >= 0.6 is 0 Å². The van der Waals surface area contributed by atoms with Crippen molar-refractivity contribution in [3.63, 3.8) is 0 Å². The molecule has 1 heterocycles. The zero-order valence-corrected chi connectivity index (χ0v) is 19.4. The Bertz CT molecular complexity index is 880. The van der Waals surface area contributed by atoms with Gasteiger partial charge in [-0.05, 0) is 54.7 Å². The van der Waals surface area contributed by atoms with E-state index >= 15 is 0 Å². The van der Waals surface area contributed by atoms with Crippen LogP contribution < -0.4 is 25.6 Å². The van der Waals surface area contributed by atoms with Crippen molar-refractivity contribution < 1.29 is 9.53 Å². The lowest BCUT2D eigenvalue weighted by Gasteiger charge is -2.28. The predicted octanol–water partition coefficient (Wildman–Crippen LogP) is 2.88. The molecule has 1 atom stereocenters. The minimum atomic E-state index is 0.0765. The molecular weight excluding hydrogens is 402 g/mol. The van der Waals surface area contributed by atoms with Crippen molar-refractivity contribution in [3.8, 4) is 5.75 Å². The third-order valence-electron chi connectivity index (χ3n) is 5.66. The minimum Gasteiger partial charge on any atom is -0.497 e. The molecule has 1 saturated heterocycles. The fourth-order valence-electron chi connectivity index (χ4n) is 3.69. The Morgan fingerprint density at radius 1 is 1.16 bits per heavy atom. The van der Waals surface area contributed by atoms with Crippen LogP contribution in [0.25, 0.3) is 0 Å². The number of hydrogen-bond acceptors (Lipinski definition) is 4. The molecule has 2 aromatic carbocycles. The zero-order chi connectivity index (χ0) is 22.8. The van der Waals surface area contributed by atoms with Gasteiger partial charge in [0.1, 0.15) is 5.75 Å². The average Bonchev–Trinajstić information content (AvgIpc) is 2.83. The lowest BCUT2D eigenvalue weighted by Crippen LogP contribution is -2.47. The molecule has 1 unspecified atom stereocenters. The van der Waals surface area contributed by atoms with Crippen molar-refractivity contribution in [2.75, 3.05) is 44.7 Å². The van der Waals surface area contributed by atoms with Gasteiger partial charge in [0.2, 0.25) is 5.91 Å². The number of rotatable bonds is 9. The van der Waals surface area contributed by atoms with E-state index in [9.17, 15) is 4.79 Å². The number of piperazine rings is 1. The number of carbonyl (C=O) groups is 1. The smallest absolute Gasteiger partial charge is 0.239 e. The first kappa shape index (κ1) is 23.4. The first-order valence-electron chi connectivity index (χ1n) is 11.4. The number of guanidine groups is 1. The molecule has 0 aromatic heterocycles. The molecule has 0 bridgehead atoms. The molecule has 1 aliphatic rings. The highest BCUT2D eigenvalue weighted by Gasteiger charge is 2.16. The Morgan fingerprint density at radius 3 is 2.56 bits per heavy atom. The highest BCUT2D eigenvalue weighted by Crippen LogP contribution is 2.21. The van der Waals surface area contributed by atoms with Gasteiger partial charge in [0.25, 0.3) is 0 Å². The quantitative estimate of drug-likeness (QED) is 0.415. The van der Waals surface area contributed by atoms with Gasteiger partial charge < -0.3 is 25.6 Å². The summed E-state index contributed by atoms with van der Waals surface area (Å²) < 4.78 is 5.24. The zero-order valence-electron chi connectivity index (χ0n) is 19.4. The molecule has 0 radical (unpaired) electrons. The molecule has 32 heavy (non-hydrogen) atoms. The summed E-state index contributed by atoms with van der Waals surface area (Å²) in [6.45, 7) is 8.52. The lowest BCUT2D eigenvalue weighted by atomic mass is 9.98. The first-order chi connectivity index (χ1) is 15.6. The van der Waals surface area contributed by atoms with E-state index in [4.69, 9.17) is 9.73 Å². The SMILES string of the molecule is CCNC(=NCc1ccc(N2CCNC(=O)C2)cc1)NCCC(C)c1ccc(OC)cc1. The summed E-state index contributed by atoms with van der Waals surface area (Å²) in [6.07, 6.45) is 1.01. The van der Waals surface area contributed by atoms with Gasteiger partial charge in [0.05, 0.1) is 20.2 Å². The molecule has 7 heteroatoms. The van der Waals surface area contributed by atoms with Crippen molar-refractivity contribution in [1.82, 2.24) is 16.0 Å². The Labute approximate surface area is 191 Å². The third-order valence-corrected chi connectivity index (χ3v) is 5.66. The van der Waals surface area contributed by atoms with Crippen molar-refractivity contribution in [1.29, 1.82) is 0 Å². The van der Waals surface area contributed by atoms with E-state index in [2.05, 4.69) is 71.1 Å². The summed E-state index contributed by atoms with van der Waals surface area (Å²) in [5.41, 5.74) is 3.52. The first-order valence-corrected chi connectivity index (χ1v) is 11.4. The Morgan fingerprint density at radius 2 is 1.91 bits per heavy atom. The van der Waals surface area contributed by atoms with Gasteiger partial charge in [0.15, 0.2) is 5.96 Å². The topological polar surface area (TPSA) is 78.0 Å². The highest BCUT2D eigenvalue weighted by molar-refractivity contribution is 5.82. The van der Waals surface area contributed by atoms with E-state index in [1.165, 1.54) is 5.56 Å². The van der Waals surface area contributed by atoms with Crippen LogP contribution in [0.3, 0.4) is 0 Å². The molecule has 3 N–H and O–H groups in total. The molecule has 7 nitrogen and oxygen atoms in total. The highest BCUT2D eigenvalue weighted by atomic mass is 16.5. The second-order valence-corrected chi connectivity index (χ2v) is 8.02. The fraction of sp³-hybridized carbons (Fsp3) is 0.440. The summed E-state index contributed by atoms with van der Waals surface area (Å²) in [6, 6.07) is 16.6. The number of amides is 1. The number of methoxy groups -OCH3 is 1. The largest absolute Gasteiger partial charge is 0.497 e. The summed E-state index contributed by atoms with van der Waals surface area (Å²) in [5.74, 6) is 2.23. The second kappa shape index (κ2) is 12.0. The number of hydrogen-bond donors (Lipinski definition) is 3. The number of benzene rings is 2. The molecule has 3 rings (SSSR count). The molecule has 172 valence electrons. The lowest BCUT2D eigenvalue weighted by molar-refractivity contribution is -0.120. The van der Waals surface area contributed by atoms with E-state index in [1.807, 2.05) is 12.1 Å². The number of nitrogens with zero attached hydrogens (tertiary/aromatic N) is 2. The van der Waals surface area contributed by atoms with Crippen LogP contribution in [-0.4, -0.2) is 51.7 Å². The second-order valence-electron chi connectivity index (χ2n) is 8.02. The number of ether oxygens (including phenoxy) is 1. The van der Waals surface area contributed by atoms with Gasteiger partial charge in [0, 0.05) is 31.9 Å². The van der Waals surface area contributed by atoms with Crippen molar-refractivity contribution in [2.24, 2.45) is 4.99 Å². The van der Waals surface area contributed by atoms with Crippen molar-refractivity contribution in [2.45, 2.75) is 32.7 Å². The average molecular weight is 438 g/mol. The van der Waals surface area contributed by atoms with Crippen LogP contribution in [0.15, 0.2) is 53.5 Å². The van der Waals surface area contributed by atoms with Gasteiger partial charge in [-0.15, -0.1) is 0 Å². The fourth-order valence-corrected chi connectivity index (χ4v) is 3.69. The van der Waals surface area contributed by atoms with E-state index in [0.717, 1.165) is 49.0 Å². The molecular formula is C25H35N5O2.